The predicted octanol–water partition coefficient (Wildman–Crippen LogP) is 2.67. The summed E-state index contributed by atoms with van der Waals surface area (Å²) in [7, 11) is -3.37. The van der Waals surface area contributed by atoms with Crippen molar-refractivity contribution in [2.45, 2.75) is 4.90 Å². The van der Waals surface area contributed by atoms with Gasteiger partial charge in [0.05, 0.1) is 16.1 Å². The van der Waals surface area contributed by atoms with Crippen LogP contribution < -0.4 is 11.1 Å². The first-order chi connectivity index (χ1) is 13.2. The van der Waals surface area contributed by atoms with E-state index < -0.39 is 32.9 Å². The van der Waals surface area contributed by atoms with Gasteiger partial charge in [-0.25, -0.2) is 17.2 Å². The lowest BCUT2D eigenvalue weighted by Gasteiger charge is -2.12. The highest BCUT2D eigenvalue weighted by Gasteiger charge is 2.18. The van der Waals surface area contributed by atoms with Crippen LogP contribution in [0.15, 0.2) is 53.4 Å². The summed E-state index contributed by atoms with van der Waals surface area (Å²) in [5.41, 5.74) is 4.97. The van der Waals surface area contributed by atoms with E-state index in [2.05, 4.69) is 15.5 Å². The Labute approximate surface area is 159 Å². The van der Waals surface area contributed by atoms with Gasteiger partial charge in [-0.15, -0.1) is 10.2 Å². The summed E-state index contributed by atoms with van der Waals surface area (Å²) >= 11 is 0. The first-order valence-electron chi connectivity index (χ1n) is 7.86. The second-order valence-corrected chi connectivity index (χ2v) is 7.89. The minimum Gasteiger partial charge on any atom is -0.364 e. The summed E-state index contributed by atoms with van der Waals surface area (Å²) < 4.78 is 51.1. The van der Waals surface area contributed by atoms with Crippen LogP contribution >= 0.6 is 0 Å². The fourth-order valence-corrected chi connectivity index (χ4v) is 3.11. The largest absolute Gasteiger partial charge is 0.364 e. The van der Waals surface area contributed by atoms with Crippen molar-refractivity contribution < 1.29 is 22.0 Å². The first kappa shape index (κ1) is 19.4. The maximum Gasteiger partial charge on any atom is 0.271 e. The van der Waals surface area contributed by atoms with Crippen LogP contribution in [0.5, 0.6) is 0 Å². The van der Waals surface area contributed by atoms with E-state index in [1.165, 1.54) is 36.4 Å². The molecule has 1 amide bonds. The van der Waals surface area contributed by atoms with Crippen molar-refractivity contribution in [3.05, 3.63) is 65.9 Å². The van der Waals surface area contributed by atoms with Gasteiger partial charge in [0.1, 0.15) is 17.3 Å². The summed E-state index contributed by atoms with van der Waals surface area (Å²) in [6.07, 6.45) is 1.07. The Morgan fingerprint density at radius 1 is 1.04 bits per heavy atom. The van der Waals surface area contributed by atoms with Gasteiger partial charge in [0.25, 0.3) is 5.91 Å². The highest BCUT2D eigenvalue weighted by molar-refractivity contribution is 7.90. The van der Waals surface area contributed by atoms with E-state index in [1.807, 2.05) is 0 Å². The molecule has 3 N–H and O–H groups in total. The first-order valence-corrected chi connectivity index (χ1v) is 9.75. The summed E-state index contributed by atoms with van der Waals surface area (Å²) in [5.74, 6) is -2.59. The standard InChI is InChI=1S/C18H14F2N4O3S/c1-28(26,27)11-7-5-10(6-8-11)22-15-9-14(23-24-17(15)18(21)25)16-12(19)3-2-4-13(16)20/h2-9H,1H3,(H2,21,25)(H,22,23). The molecule has 1 heterocycles. The molecule has 144 valence electrons. The molecule has 0 bridgehead atoms. The monoisotopic (exact) mass is 404 g/mol. The van der Waals surface area contributed by atoms with Gasteiger partial charge in [-0.3, -0.25) is 4.79 Å². The number of hydrogen-bond donors (Lipinski definition) is 2. The third kappa shape index (κ3) is 3.96. The summed E-state index contributed by atoms with van der Waals surface area (Å²) in [4.78, 5) is 11.7. The molecule has 0 fully saturated rings. The lowest BCUT2D eigenvalue weighted by Crippen LogP contribution is -2.16. The van der Waals surface area contributed by atoms with Crippen LogP contribution in [0.25, 0.3) is 11.3 Å². The maximum absolute atomic E-state index is 14.0. The molecule has 3 rings (SSSR count). The Hall–Kier alpha value is -3.40. The molecule has 2 aromatic carbocycles. The van der Waals surface area contributed by atoms with Crippen molar-refractivity contribution in [1.29, 1.82) is 0 Å². The molecule has 28 heavy (non-hydrogen) atoms. The van der Waals surface area contributed by atoms with Crippen molar-refractivity contribution >= 4 is 27.1 Å². The number of anilines is 2. The lowest BCUT2D eigenvalue weighted by atomic mass is 10.1. The average molecular weight is 404 g/mol. The number of carbonyl (C=O) groups is 1. The van der Waals surface area contributed by atoms with E-state index in [0.717, 1.165) is 18.4 Å². The number of nitrogens with two attached hydrogens (primary N) is 1. The molecule has 0 aliphatic carbocycles. The predicted molar refractivity (Wildman–Crippen MR) is 98.7 cm³/mol. The molecular formula is C18H14F2N4O3S. The number of carbonyl (C=O) groups excluding carboxylic acids is 1. The fourth-order valence-electron chi connectivity index (χ4n) is 2.47. The van der Waals surface area contributed by atoms with Crippen LogP contribution in [0.1, 0.15) is 10.5 Å². The van der Waals surface area contributed by atoms with Gasteiger partial charge in [0, 0.05) is 11.9 Å². The molecule has 0 radical (unpaired) electrons. The van der Waals surface area contributed by atoms with E-state index in [1.54, 1.807) is 0 Å². The van der Waals surface area contributed by atoms with Gasteiger partial charge >= 0.3 is 0 Å². The summed E-state index contributed by atoms with van der Waals surface area (Å²) in [5, 5.41) is 10.2. The van der Waals surface area contributed by atoms with Crippen LogP contribution in [-0.2, 0) is 9.84 Å². The van der Waals surface area contributed by atoms with Crippen molar-refractivity contribution in [1.82, 2.24) is 10.2 Å². The number of primary amides is 1. The van der Waals surface area contributed by atoms with Gasteiger partial charge < -0.3 is 11.1 Å². The fraction of sp³-hybridized carbons (Fsp3) is 0.0556. The zero-order chi connectivity index (χ0) is 20.5. The van der Waals surface area contributed by atoms with Gasteiger partial charge in [-0.05, 0) is 42.5 Å². The van der Waals surface area contributed by atoms with E-state index in [0.29, 0.717) is 5.69 Å². The molecule has 0 aliphatic rings. The van der Waals surface area contributed by atoms with Gasteiger partial charge in [-0.2, -0.15) is 0 Å². The Kier molecular flexibility index (Phi) is 5.06. The van der Waals surface area contributed by atoms with E-state index in [9.17, 15) is 22.0 Å². The van der Waals surface area contributed by atoms with Crippen LogP contribution in [0, 0.1) is 11.6 Å². The van der Waals surface area contributed by atoms with Crippen molar-refractivity contribution in [2.24, 2.45) is 5.73 Å². The highest BCUT2D eigenvalue weighted by Crippen LogP contribution is 2.28. The Morgan fingerprint density at radius 3 is 2.18 bits per heavy atom. The molecule has 7 nitrogen and oxygen atoms in total. The second kappa shape index (κ2) is 7.31. The normalized spacial score (nSPS) is 11.2. The van der Waals surface area contributed by atoms with Crippen LogP contribution in [0.3, 0.4) is 0 Å². The molecule has 10 heteroatoms. The van der Waals surface area contributed by atoms with Crippen LogP contribution in [0.2, 0.25) is 0 Å². The third-order valence-electron chi connectivity index (χ3n) is 3.81. The molecular weight excluding hydrogens is 390 g/mol. The number of benzene rings is 2. The number of hydrogen-bond acceptors (Lipinski definition) is 6. The Bertz CT molecular complexity index is 1150. The SMILES string of the molecule is CS(=O)(=O)c1ccc(Nc2cc(-c3c(F)cccc3F)nnc2C(N)=O)cc1. The highest BCUT2D eigenvalue weighted by atomic mass is 32.2. The number of nitrogens with zero attached hydrogens (tertiary/aromatic N) is 2. The maximum atomic E-state index is 14.0. The number of sulfone groups is 1. The minimum atomic E-state index is -3.37. The molecule has 0 atom stereocenters. The Balaban J connectivity index is 2.05. The minimum absolute atomic E-state index is 0.0623. The number of aromatic nitrogens is 2. The molecule has 1 aromatic heterocycles. The number of nitrogens with one attached hydrogen (secondary N) is 1. The number of rotatable bonds is 5. The van der Waals surface area contributed by atoms with Crippen LogP contribution in [0.4, 0.5) is 20.2 Å². The summed E-state index contributed by atoms with van der Waals surface area (Å²) in [6, 6.07) is 10.2. The molecule has 0 spiro atoms. The molecule has 0 saturated heterocycles. The van der Waals surface area contributed by atoms with Gasteiger partial charge in [0.15, 0.2) is 15.5 Å². The lowest BCUT2D eigenvalue weighted by molar-refractivity contribution is 0.0995. The van der Waals surface area contributed by atoms with E-state index in [-0.39, 0.29) is 22.0 Å². The van der Waals surface area contributed by atoms with Crippen molar-refractivity contribution in [2.75, 3.05) is 11.6 Å². The van der Waals surface area contributed by atoms with Gasteiger partial charge in [-0.1, -0.05) is 6.07 Å². The second-order valence-electron chi connectivity index (χ2n) is 5.87. The zero-order valence-corrected chi connectivity index (χ0v) is 15.3. The van der Waals surface area contributed by atoms with Crippen molar-refractivity contribution in [3.8, 4) is 11.3 Å². The Morgan fingerprint density at radius 2 is 1.64 bits per heavy atom. The molecule has 0 aliphatic heterocycles. The zero-order valence-electron chi connectivity index (χ0n) is 14.5. The molecule has 0 unspecified atom stereocenters. The van der Waals surface area contributed by atoms with E-state index >= 15 is 0 Å². The number of halogens is 2. The van der Waals surface area contributed by atoms with E-state index in [4.69, 9.17) is 5.73 Å². The number of amides is 1. The molecule has 3 aromatic rings. The quantitative estimate of drug-likeness (QED) is 0.676. The molecule has 0 saturated carbocycles. The average Bonchev–Trinajstić information content (AvgIpc) is 2.61. The third-order valence-corrected chi connectivity index (χ3v) is 4.94. The van der Waals surface area contributed by atoms with Crippen LogP contribution in [-0.4, -0.2) is 30.8 Å². The summed E-state index contributed by atoms with van der Waals surface area (Å²) in [6.45, 7) is 0. The van der Waals surface area contributed by atoms with Gasteiger partial charge in [0.2, 0.25) is 0 Å². The smallest absolute Gasteiger partial charge is 0.271 e. The topological polar surface area (TPSA) is 115 Å². The van der Waals surface area contributed by atoms with Crippen molar-refractivity contribution in [3.63, 3.8) is 0 Å².